The third-order valence-corrected chi connectivity index (χ3v) is 5.24. The summed E-state index contributed by atoms with van der Waals surface area (Å²) in [5.74, 6) is 0.624. The van der Waals surface area contributed by atoms with Gasteiger partial charge in [0.1, 0.15) is 5.75 Å². The summed E-state index contributed by atoms with van der Waals surface area (Å²) in [4.78, 5) is 12.4. The van der Waals surface area contributed by atoms with Crippen LogP contribution in [-0.2, 0) is 6.54 Å². The minimum Gasteiger partial charge on any atom is -0.497 e. The van der Waals surface area contributed by atoms with Crippen LogP contribution in [0, 0.1) is 0 Å². The minimum absolute atomic E-state index is 0. The highest BCUT2D eigenvalue weighted by molar-refractivity contribution is 5.91. The van der Waals surface area contributed by atoms with Crippen molar-refractivity contribution in [3.63, 3.8) is 0 Å². The van der Waals surface area contributed by atoms with Crippen LogP contribution in [0.25, 0.3) is 11.1 Å². The normalized spacial score (nSPS) is 14.0. The van der Waals surface area contributed by atoms with E-state index in [0.29, 0.717) is 18.3 Å². The van der Waals surface area contributed by atoms with Crippen molar-refractivity contribution in [1.29, 1.82) is 0 Å². The van der Waals surface area contributed by atoms with E-state index in [1.165, 1.54) is 0 Å². The molecule has 30 heavy (non-hydrogen) atoms. The molecule has 0 bridgehead atoms. The highest BCUT2D eigenvalue weighted by Gasteiger charge is 2.18. The minimum atomic E-state index is -0.206. The second-order valence-corrected chi connectivity index (χ2v) is 7.18. The Morgan fingerprint density at radius 1 is 1.17 bits per heavy atom. The molecule has 1 fully saturated rings. The van der Waals surface area contributed by atoms with Gasteiger partial charge in [-0.3, -0.25) is 4.79 Å². The average molecular weight is 428 g/mol. The molecule has 0 unspecified atom stereocenters. The molecule has 158 valence electrons. The molecular formula is C22H26ClN5O2. The van der Waals surface area contributed by atoms with E-state index in [9.17, 15) is 4.79 Å². The van der Waals surface area contributed by atoms with E-state index in [0.717, 1.165) is 48.4 Å². The maximum absolute atomic E-state index is 12.4. The second-order valence-electron chi connectivity index (χ2n) is 7.18. The number of halogens is 1. The molecule has 7 nitrogen and oxygen atoms in total. The Morgan fingerprint density at radius 3 is 2.67 bits per heavy atom. The standard InChI is InChI=1S/C22H25N5O2.ClH/c1-29-20-4-2-3-18(13-20)17-7-5-16(6-8-17)14-24-22(28)21-15-27(26-25-21)19-9-11-23-12-10-19;/h2-8,13,15,19,23H,9-12,14H2,1H3,(H,24,28);1H. The summed E-state index contributed by atoms with van der Waals surface area (Å²) in [7, 11) is 1.66. The Bertz CT molecular complexity index is 968. The van der Waals surface area contributed by atoms with Gasteiger partial charge in [0.25, 0.3) is 5.91 Å². The van der Waals surface area contributed by atoms with E-state index in [2.05, 4.69) is 20.9 Å². The highest BCUT2D eigenvalue weighted by Crippen LogP contribution is 2.24. The van der Waals surface area contributed by atoms with Crippen LogP contribution in [0.2, 0.25) is 0 Å². The van der Waals surface area contributed by atoms with E-state index in [-0.39, 0.29) is 18.3 Å². The van der Waals surface area contributed by atoms with Crippen LogP contribution in [0.1, 0.15) is 34.9 Å². The zero-order valence-electron chi connectivity index (χ0n) is 16.9. The second kappa shape index (κ2) is 10.2. The number of ether oxygens (including phenoxy) is 1. The van der Waals surface area contributed by atoms with E-state index in [1.54, 1.807) is 13.3 Å². The molecule has 0 atom stereocenters. The fourth-order valence-electron chi connectivity index (χ4n) is 3.52. The maximum Gasteiger partial charge on any atom is 0.273 e. The van der Waals surface area contributed by atoms with Crippen LogP contribution in [0.15, 0.2) is 54.7 Å². The van der Waals surface area contributed by atoms with Gasteiger partial charge in [-0.15, -0.1) is 17.5 Å². The van der Waals surface area contributed by atoms with E-state index in [4.69, 9.17) is 4.74 Å². The van der Waals surface area contributed by atoms with E-state index < -0.39 is 0 Å². The summed E-state index contributed by atoms with van der Waals surface area (Å²) in [6, 6.07) is 16.4. The molecule has 8 heteroatoms. The molecule has 4 rings (SSSR count). The first-order valence-corrected chi connectivity index (χ1v) is 9.87. The zero-order valence-corrected chi connectivity index (χ0v) is 17.7. The first-order valence-electron chi connectivity index (χ1n) is 9.87. The first-order chi connectivity index (χ1) is 14.2. The predicted molar refractivity (Wildman–Crippen MR) is 118 cm³/mol. The number of carbonyl (C=O) groups excluding carboxylic acids is 1. The quantitative estimate of drug-likeness (QED) is 0.631. The molecule has 1 amide bonds. The molecule has 1 aromatic heterocycles. The number of methoxy groups -OCH3 is 1. The van der Waals surface area contributed by atoms with Crippen LogP contribution in [-0.4, -0.2) is 41.1 Å². The summed E-state index contributed by atoms with van der Waals surface area (Å²) in [5.41, 5.74) is 3.57. The third kappa shape index (κ3) is 5.17. The third-order valence-electron chi connectivity index (χ3n) is 5.24. The summed E-state index contributed by atoms with van der Waals surface area (Å²) < 4.78 is 7.10. The molecule has 2 N–H and O–H groups in total. The molecule has 0 spiro atoms. The Morgan fingerprint density at radius 2 is 1.93 bits per heavy atom. The summed E-state index contributed by atoms with van der Waals surface area (Å²) in [6.07, 6.45) is 3.76. The predicted octanol–water partition coefficient (Wildman–Crippen LogP) is 3.23. The van der Waals surface area contributed by atoms with Gasteiger partial charge >= 0.3 is 0 Å². The number of aromatic nitrogens is 3. The number of benzene rings is 2. The van der Waals surface area contributed by atoms with Crippen molar-refractivity contribution >= 4 is 18.3 Å². The summed E-state index contributed by atoms with van der Waals surface area (Å²) >= 11 is 0. The molecular weight excluding hydrogens is 402 g/mol. The van der Waals surface area contributed by atoms with Crippen LogP contribution in [0.5, 0.6) is 5.75 Å². The maximum atomic E-state index is 12.4. The monoisotopic (exact) mass is 427 g/mol. The molecule has 1 aliphatic heterocycles. The molecule has 0 aliphatic carbocycles. The van der Waals surface area contributed by atoms with Gasteiger partial charge in [-0.2, -0.15) is 0 Å². The largest absolute Gasteiger partial charge is 0.497 e. The SMILES string of the molecule is COc1cccc(-c2ccc(CNC(=O)c3cn(C4CCNCC4)nn3)cc2)c1.Cl. The van der Waals surface area contributed by atoms with Crippen molar-refractivity contribution in [3.8, 4) is 16.9 Å². The lowest BCUT2D eigenvalue weighted by molar-refractivity contribution is 0.0946. The number of hydrogen-bond acceptors (Lipinski definition) is 5. The van der Waals surface area contributed by atoms with Crippen LogP contribution in [0.3, 0.4) is 0 Å². The molecule has 2 heterocycles. The Labute approximate surface area is 182 Å². The number of hydrogen-bond donors (Lipinski definition) is 2. The average Bonchev–Trinajstić information content (AvgIpc) is 3.29. The van der Waals surface area contributed by atoms with Gasteiger partial charge in [0, 0.05) is 6.54 Å². The van der Waals surface area contributed by atoms with Crippen LogP contribution in [0.4, 0.5) is 0 Å². The van der Waals surface area contributed by atoms with Crippen molar-refractivity contribution < 1.29 is 9.53 Å². The summed E-state index contributed by atoms with van der Waals surface area (Å²) in [6.45, 7) is 2.38. The van der Waals surface area contributed by atoms with Crippen molar-refractivity contribution in [3.05, 3.63) is 66.0 Å². The Hall–Kier alpha value is -2.90. The zero-order chi connectivity index (χ0) is 20.1. The fraction of sp³-hybridized carbons (Fsp3) is 0.318. The molecule has 0 saturated carbocycles. The smallest absolute Gasteiger partial charge is 0.273 e. The Kier molecular flexibility index (Phi) is 7.43. The van der Waals surface area contributed by atoms with Crippen molar-refractivity contribution in [2.75, 3.05) is 20.2 Å². The number of rotatable bonds is 6. The van der Waals surface area contributed by atoms with Gasteiger partial charge in [-0.25, -0.2) is 4.68 Å². The van der Waals surface area contributed by atoms with Gasteiger partial charge in [0.05, 0.1) is 19.3 Å². The molecule has 0 radical (unpaired) electrons. The lowest BCUT2D eigenvalue weighted by atomic mass is 10.0. The molecule has 1 aliphatic rings. The molecule has 1 saturated heterocycles. The first kappa shape index (κ1) is 21.8. The van der Waals surface area contributed by atoms with Crippen LogP contribution < -0.4 is 15.4 Å². The number of nitrogens with one attached hydrogen (secondary N) is 2. The number of carbonyl (C=O) groups is 1. The van der Waals surface area contributed by atoms with Gasteiger partial charge < -0.3 is 15.4 Å². The number of amides is 1. The van der Waals surface area contributed by atoms with Gasteiger partial charge in [-0.1, -0.05) is 41.6 Å². The number of piperidine rings is 1. The number of nitrogens with zero attached hydrogens (tertiary/aromatic N) is 3. The fourth-order valence-corrected chi connectivity index (χ4v) is 3.52. The van der Waals surface area contributed by atoms with Crippen LogP contribution >= 0.6 is 12.4 Å². The van der Waals surface area contributed by atoms with Crippen molar-refractivity contribution in [2.45, 2.75) is 25.4 Å². The molecule has 3 aromatic rings. The van der Waals surface area contributed by atoms with Crippen molar-refractivity contribution in [1.82, 2.24) is 25.6 Å². The lowest BCUT2D eigenvalue weighted by Gasteiger charge is -2.22. The van der Waals surface area contributed by atoms with Gasteiger partial charge in [0.2, 0.25) is 0 Å². The Balaban J connectivity index is 0.00000256. The van der Waals surface area contributed by atoms with Gasteiger partial charge in [0.15, 0.2) is 5.69 Å². The van der Waals surface area contributed by atoms with Gasteiger partial charge in [-0.05, 0) is 54.8 Å². The van der Waals surface area contributed by atoms with Crippen molar-refractivity contribution in [2.24, 2.45) is 0 Å². The lowest BCUT2D eigenvalue weighted by Crippen LogP contribution is -2.29. The van der Waals surface area contributed by atoms with E-state index in [1.807, 2.05) is 53.2 Å². The molecule has 2 aromatic carbocycles. The topological polar surface area (TPSA) is 81.1 Å². The van der Waals surface area contributed by atoms with E-state index >= 15 is 0 Å². The highest BCUT2D eigenvalue weighted by atomic mass is 35.5. The summed E-state index contributed by atoms with van der Waals surface area (Å²) in [5, 5.41) is 14.4.